The van der Waals surface area contributed by atoms with Crippen LogP contribution >= 0.6 is 21.6 Å². The number of rotatable bonds is 9. The van der Waals surface area contributed by atoms with Gasteiger partial charge in [-0.3, -0.25) is 0 Å². The molecule has 4 aromatic heterocycles. The topological polar surface area (TPSA) is 17.6 Å². The molecule has 0 saturated carbocycles. The molecule has 2 aliphatic heterocycles. The van der Waals surface area contributed by atoms with Gasteiger partial charge in [0.2, 0.25) is 11.4 Å². The lowest BCUT2D eigenvalue weighted by Gasteiger charge is -2.15. The van der Waals surface area contributed by atoms with Gasteiger partial charge < -0.3 is 9.13 Å². The third kappa shape index (κ3) is 5.29. The summed E-state index contributed by atoms with van der Waals surface area (Å²) in [5.74, 6) is 2.10. The molecule has 0 unspecified atom stereocenters. The molecular weight excluding hydrogens is 721 g/mol. The summed E-state index contributed by atoms with van der Waals surface area (Å²) in [6.07, 6.45) is 4.55. The fraction of sp³-hybridized carbons (Fsp3) is 0.240. The summed E-state index contributed by atoms with van der Waals surface area (Å²) in [7, 11) is 3.99. The highest BCUT2D eigenvalue weighted by molar-refractivity contribution is 8.76. The third-order valence-corrected chi connectivity index (χ3v) is 15.1. The summed E-state index contributed by atoms with van der Waals surface area (Å²) >= 11 is 0. The lowest BCUT2D eigenvalue weighted by atomic mass is 9.82. The number of aromatic nitrogens is 4. The van der Waals surface area contributed by atoms with Crippen molar-refractivity contribution in [3.8, 4) is 33.6 Å². The molecule has 10 rings (SSSR count). The highest BCUT2D eigenvalue weighted by atomic mass is 33.1. The predicted molar refractivity (Wildman–Crippen MR) is 236 cm³/mol. The lowest BCUT2D eigenvalue weighted by Crippen LogP contribution is -2.34. The molecule has 0 fully saturated rings. The smallest absolute Gasteiger partial charge is 0.215 e. The molecular formula is C50H48N4S2+2. The van der Waals surface area contributed by atoms with E-state index in [0.29, 0.717) is 0 Å². The zero-order valence-corrected chi connectivity index (χ0v) is 34.8. The van der Waals surface area contributed by atoms with E-state index in [-0.39, 0.29) is 10.8 Å². The fourth-order valence-corrected chi connectivity index (χ4v) is 11.8. The van der Waals surface area contributed by atoms with Crippen molar-refractivity contribution in [3.63, 3.8) is 0 Å². The molecule has 0 saturated heterocycles. The number of aryl methyl sites for hydroxylation is 2. The minimum absolute atomic E-state index is 0.0506. The van der Waals surface area contributed by atoms with E-state index in [0.717, 1.165) is 24.6 Å². The van der Waals surface area contributed by atoms with E-state index in [9.17, 15) is 0 Å². The van der Waals surface area contributed by atoms with Gasteiger partial charge in [0, 0.05) is 116 Å². The molecule has 6 heterocycles. The van der Waals surface area contributed by atoms with Gasteiger partial charge in [-0.2, -0.15) is 9.13 Å². The van der Waals surface area contributed by atoms with E-state index in [2.05, 4.69) is 194 Å². The van der Waals surface area contributed by atoms with Crippen molar-refractivity contribution in [1.29, 1.82) is 0 Å². The van der Waals surface area contributed by atoms with E-state index in [4.69, 9.17) is 0 Å². The average molecular weight is 769 g/mol. The molecule has 8 aromatic rings. The van der Waals surface area contributed by atoms with Crippen LogP contribution in [0.4, 0.5) is 0 Å². The molecule has 278 valence electrons. The van der Waals surface area contributed by atoms with Gasteiger partial charge >= 0.3 is 0 Å². The van der Waals surface area contributed by atoms with Crippen LogP contribution in [0.15, 0.2) is 134 Å². The molecule has 0 bridgehead atoms. The van der Waals surface area contributed by atoms with Crippen molar-refractivity contribution in [2.75, 3.05) is 11.5 Å². The van der Waals surface area contributed by atoms with Gasteiger partial charge in [0.05, 0.1) is 10.8 Å². The highest BCUT2D eigenvalue weighted by Crippen LogP contribution is 2.43. The van der Waals surface area contributed by atoms with Gasteiger partial charge in [-0.15, -0.1) is 0 Å². The molecule has 0 atom stereocenters. The predicted octanol–water partition coefficient (Wildman–Crippen LogP) is 11.5. The van der Waals surface area contributed by atoms with Crippen LogP contribution in [0.5, 0.6) is 0 Å². The SMILES string of the molecule is Cc1c(-c2cc[n+]3c(c2)C(C)(C)c2ccccc2-3)c2ccccc2n1CCSSCCn1c(C)c(-c2cc[n+]3c(c2)C(C)(C)c2ccccc2-3)c2ccccc21. The maximum atomic E-state index is 2.54. The Balaban J connectivity index is 0.861. The maximum Gasteiger partial charge on any atom is 0.215 e. The summed E-state index contributed by atoms with van der Waals surface area (Å²) in [5, 5.41) is 2.67. The fourth-order valence-electron chi connectivity index (χ4n) is 9.94. The first-order chi connectivity index (χ1) is 27.2. The average Bonchev–Trinajstić information content (AvgIpc) is 3.83. The zero-order valence-electron chi connectivity index (χ0n) is 33.1. The van der Waals surface area contributed by atoms with Gasteiger partial charge in [0.15, 0.2) is 23.8 Å². The Morgan fingerprint density at radius 2 is 0.893 bits per heavy atom. The molecule has 0 amide bonds. The van der Waals surface area contributed by atoms with E-state index in [1.165, 1.54) is 89.3 Å². The van der Waals surface area contributed by atoms with Crippen molar-refractivity contribution in [3.05, 3.63) is 168 Å². The van der Waals surface area contributed by atoms with Gasteiger partial charge in [-0.25, -0.2) is 0 Å². The second-order valence-corrected chi connectivity index (χ2v) is 19.2. The Hall–Kier alpha value is -5.04. The number of nitrogens with zero attached hydrogens (tertiary/aromatic N) is 4. The van der Waals surface area contributed by atoms with E-state index in [1.807, 2.05) is 21.6 Å². The number of fused-ring (bicyclic) bond motifs is 8. The Labute approximate surface area is 338 Å². The van der Waals surface area contributed by atoms with E-state index in [1.54, 1.807) is 0 Å². The van der Waals surface area contributed by atoms with Crippen molar-refractivity contribution < 1.29 is 9.13 Å². The summed E-state index contributed by atoms with van der Waals surface area (Å²) in [5.41, 5.74) is 18.6. The van der Waals surface area contributed by atoms with Gasteiger partial charge in [-0.05, 0) is 64.8 Å². The van der Waals surface area contributed by atoms with Crippen LogP contribution in [0, 0.1) is 13.8 Å². The molecule has 56 heavy (non-hydrogen) atoms. The first-order valence-corrected chi connectivity index (χ1v) is 22.4. The first kappa shape index (κ1) is 35.4. The van der Waals surface area contributed by atoms with E-state index >= 15 is 0 Å². The number of para-hydroxylation sites is 4. The lowest BCUT2D eigenvalue weighted by molar-refractivity contribution is -0.600. The molecule has 0 radical (unpaired) electrons. The van der Waals surface area contributed by atoms with Crippen LogP contribution in [0.3, 0.4) is 0 Å². The molecule has 0 aliphatic carbocycles. The van der Waals surface area contributed by atoms with E-state index < -0.39 is 0 Å². The Kier molecular flexibility index (Phi) is 8.39. The molecule has 2 aliphatic rings. The highest BCUT2D eigenvalue weighted by Gasteiger charge is 2.45. The molecule has 6 heteroatoms. The van der Waals surface area contributed by atoms with Crippen LogP contribution in [0.2, 0.25) is 0 Å². The molecule has 0 N–H and O–H groups in total. The Morgan fingerprint density at radius 3 is 1.34 bits per heavy atom. The number of pyridine rings is 2. The summed E-state index contributed by atoms with van der Waals surface area (Å²) in [6.45, 7) is 16.0. The Bertz CT molecular complexity index is 2660. The van der Waals surface area contributed by atoms with Gasteiger partial charge in [0.1, 0.15) is 0 Å². The summed E-state index contributed by atoms with van der Waals surface area (Å²) in [6, 6.07) is 45.1. The standard InChI is InChI=1S/C50H48N4S2/c1-33-47(35-23-25-53-43-21-13-9-17-39(43)49(3,4)45(53)31-35)37-15-7-11-19-41(37)51(33)27-29-55-56-30-28-52-34(2)48(38-16-8-12-20-42(38)52)36-24-26-54-44-22-14-10-18-40(44)50(5,6)46(54)32-36/h7-26,31-32H,27-30H2,1-6H3/q+2. The van der Waals surface area contributed by atoms with Crippen LogP contribution in [-0.2, 0) is 23.9 Å². The molecule has 4 nitrogen and oxygen atoms in total. The van der Waals surface area contributed by atoms with Crippen molar-refractivity contribution in [2.45, 2.75) is 65.5 Å². The number of hydrogen-bond donors (Lipinski definition) is 0. The van der Waals surface area contributed by atoms with Crippen molar-refractivity contribution >= 4 is 43.4 Å². The van der Waals surface area contributed by atoms with Crippen LogP contribution in [0.25, 0.3) is 55.4 Å². The maximum absolute atomic E-state index is 2.54. The largest absolute Gasteiger partial charge is 0.343 e. The second-order valence-electron chi connectivity index (χ2n) is 16.5. The summed E-state index contributed by atoms with van der Waals surface area (Å²) in [4.78, 5) is 0. The monoisotopic (exact) mass is 768 g/mol. The van der Waals surface area contributed by atoms with Crippen LogP contribution < -0.4 is 9.13 Å². The molecule has 0 spiro atoms. The van der Waals surface area contributed by atoms with Crippen LogP contribution in [-0.4, -0.2) is 20.6 Å². The number of benzene rings is 4. The normalized spacial score (nSPS) is 14.6. The zero-order chi connectivity index (χ0) is 38.3. The summed E-state index contributed by atoms with van der Waals surface area (Å²) < 4.78 is 9.85. The minimum Gasteiger partial charge on any atom is -0.343 e. The van der Waals surface area contributed by atoms with Gasteiger partial charge in [-0.1, -0.05) is 94.4 Å². The first-order valence-electron chi connectivity index (χ1n) is 19.9. The van der Waals surface area contributed by atoms with Crippen molar-refractivity contribution in [2.24, 2.45) is 0 Å². The Morgan fingerprint density at radius 1 is 0.500 bits per heavy atom. The third-order valence-electron chi connectivity index (χ3n) is 12.8. The van der Waals surface area contributed by atoms with Crippen molar-refractivity contribution in [1.82, 2.24) is 9.13 Å². The minimum atomic E-state index is -0.0506. The van der Waals surface area contributed by atoms with Crippen LogP contribution in [0.1, 0.15) is 61.6 Å². The molecule has 4 aromatic carbocycles. The second kappa shape index (κ2) is 13.3. The quantitative estimate of drug-likeness (QED) is 0.0827. The van der Waals surface area contributed by atoms with Gasteiger partial charge in [0.25, 0.3) is 0 Å². The number of hydrogen-bond acceptors (Lipinski definition) is 2.